The summed E-state index contributed by atoms with van der Waals surface area (Å²) in [5, 5.41) is 18.4. The van der Waals surface area contributed by atoms with Gasteiger partial charge < -0.3 is 10.2 Å². The third-order valence-electron chi connectivity index (χ3n) is 0.219. The average Bonchev–Trinajstić information content (AvgIpc) is 1.76. The van der Waals surface area contributed by atoms with Gasteiger partial charge >= 0.3 is 37.7 Å². The van der Waals surface area contributed by atoms with Crippen molar-refractivity contribution in [3.8, 4) is 0 Å². The van der Waals surface area contributed by atoms with Crippen LogP contribution in [0.3, 0.4) is 0 Å². The van der Waals surface area contributed by atoms with Crippen LogP contribution in [0.4, 0.5) is 0 Å². The van der Waals surface area contributed by atoms with Crippen LogP contribution in [0.2, 0.25) is 0 Å². The Balaban J connectivity index is 0. The molecule has 0 N–H and O–H groups in total. The Bertz CT molecular complexity index is 49.7. The van der Waals surface area contributed by atoms with Crippen molar-refractivity contribution in [1.29, 1.82) is 0 Å². The molecule has 0 aromatic rings. The Morgan fingerprint density at radius 1 is 1.14 bits per heavy atom. The summed E-state index contributed by atoms with van der Waals surface area (Å²) in [6.07, 6.45) is -2.75. The normalized spacial score (nSPS) is 21.4. The fourth-order valence-electron chi connectivity index (χ4n) is 0.0340. The summed E-state index contributed by atoms with van der Waals surface area (Å²) in [4.78, 5) is 6.57. The molecule has 1 rings (SSSR count). The average molecular weight is 172 g/mol. The second-order valence-electron chi connectivity index (χ2n) is 0.667. The van der Waals surface area contributed by atoms with E-state index in [9.17, 15) is 10.2 Å². The van der Waals surface area contributed by atoms with E-state index >= 15 is 0 Å². The van der Waals surface area contributed by atoms with E-state index in [4.69, 9.17) is 0 Å². The molecule has 0 unspecified atom stereocenters. The van der Waals surface area contributed by atoms with E-state index in [0.717, 1.165) is 0 Å². The second kappa shape index (κ2) is 3.61. The minimum absolute atomic E-state index is 0. The summed E-state index contributed by atoms with van der Waals surface area (Å²) in [5.41, 5.74) is 0. The Labute approximate surface area is 80.2 Å². The fraction of sp³-hybridized carbons (Fsp3) is 1.00. The second-order valence-corrected chi connectivity index (χ2v) is 0.667. The SMILES string of the molecule is [Ca+2].[Fe].[O-]C1([O-])OO1. The summed E-state index contributed by atoms with van der Waals surface area (Å²) in [5.74, 6) is 0. The molecule has 0 saturated carbocycles. The maximum absolute atomic E-state index is 9.22. The first-order chi connectivity index (χ1) is 2.21. The third-order valence-corrected chi connectivity index (χ3v) is 0.219. The predicted octanol–water partition coefficient (Wildman–Crippen LogP) is -3.10. The summed E-state index contributed by atoms with van der Waals surface area (Å²) in [7, 11) is 0. The maximum atomic E-state index is 9.22. The van der Waals surface area contributed by atoms with Crippen molar-refractivity contribution in [3.63, 3.8) is 0 Å². The van der Waals surface area contributed by atoms with Crippen molar-refractivity contribution in [2.24, 2.45) is 0 Å². The van der Waals surface area contributed by atoms with E-state index in [1.807, 2.05) is 0 Å². The maximum Gasteiger partial charge on any atom is 2.00 e. The molecule has 0 aromatic carbocycles. The number of rotatable bonds is 0. The summed E-state index contributed by atoms with van der Waals surface area (Å²) >= 11 is 0. The minimum atomic E-state index is -2.75. The molecule has 1 aliphatic heterocycles. The van der Waals surface area contributed by atoms with Crippen LogP contribution in [0.25, 0.3) is 0 Å². The van der Waals surface area contributed by atoms with Crippen LogP contribution < -0.4 is 10.2 Å². The van der Waals surface area contributed by atoms with Crippen molar-refractivity contribution in [2.75, 3.05) is 0 Å². The summed E-state index contributed by atoms with van der Waals surface area (Å²) in [6, 6.07) is 0. The molecule has 0 radical (unpaired) electrons. The molecule has 1 fully saturated rings. The molecular formula is CCaFeO4. The molecule has 0 amide bonds. The van der Waals surface area contributed by atoms with Gasteiger partial charge in [-0.15, -0.1) is 0 Å². The molecule has 1 aliphatic rings. The van der Waals surface area contributed by atoms with E-state index in [-0.39, 0.29) is 54.8 Å². The Morgan fingerprint density at radius 2 is 1.29 bits per heavy atom. The van der Waals surface area contributed by atoms with Crippen LogP contribution >= 0.6 is 0 Å². The Kier molecular flexibility index (Phi) is 5.89. The molecule has 4 nitrogen and oxygen atoms in total. The number of hydrogen-bond acceptors (Lipinski definition) is 4. The van der Waals surface area contributed by atoms with Gasteiger partial charge in [-0.25, -0.2) is 9.78 Å². The van der Waals surface area contributed by atoms with Crippen molar-refractivity contribution in [1.82, 2.24) is 0 Å². The Hall–Kier alpha value is 1.62. The first-order valence-corrected chi connectivity index (χ1v) is 0.983. The van der Waals surface area contributed by atoms with Crippen LogP contribution in [-0.4, -0.2) is 43.9 Å². The zero-order chi connectivity index (χ0) is 3.91. The Morgan fingerprint density at radius 3 is 1.29 bits per heavy atom. The molecule has 0 aromatic heterocycles. The van der Waals surface area contributed by atoms with Crippen molar-refractivity contribution in [2.45, 2.75) is 6.16 Å². The minimum Gasteiger partial charge on any atom is -0.815 e. The van der Waals surface area contributed by atoms with Gasteiger partial charge in [0.1, 0.15) is 0 Å². The molecule has 1 heterocycles. The van der Waals surface area contributed by atoms with Crippen LogP contribution in [0.15, 0.2) is 0 Å². The van der Waals surface area contributed by atoms with Gasteiger partial charge in [0.05, 0.1) is 6.16 Å². The van der Waals surface area contributed by atoms with Crippen LogP contribution in [0.1, 0.15) is 0 Å². The van der Waals surface area contributed by atoms with Crippen LogP contribution in [0, 0.1) is 0 Å². The molecule has 1 saturated heterocycles. The van der Waals surface area contributed by atoms with E-state index < -0.39 is 6.16 Å². The molecule has 0 bridgehead atoms. The van der Waals surface area contributed by atoms with Crippen molar-refractivity contribution >= 4 is 37.7 Å². The van der Waals surface area contributed by atoms with Gasteiger partial charge in [0, 0.05) is 17.1 Å². The van der Waals surface area contributed by atoms with Crippen molar-refractivity contribution < 1.29 is 37.1 Å². The predicted molar refractivity (Wildman–Crippen MR) is 10.7 cm³/mol. The molecular weight excluding hydrogens is 172 g/mol. The van der Waals surface area contributed by atoms with Crippen molar-refractivity contribution in [3.05, 3.63) is 0 Å². The number of hydrogen-bond donors (Lipinski definition) is 0. The quantitative estimate of drug-likeness (QED) is 0.168. The van der Waals surface area contributed by atoms with E-state index in [0.29, 0.717) is 0 Å². The van der Waals surface area contributed by atoms with E-state index in [1.165, 1.54) is 0 Å². The van der Waals surface area contributed by atoms with Gasteiger partial charge in [-0.1, -0.05) is 0 Å². The van der Waals surface area contributed by atoms with Gasteiger partial charge in [-0.2, -0.15) is 0 Å². The van der Waals surface area contributed by atoms with Gasteiger partial charge in [0.2, 0.25) is 0 Å². The molecule has 6 heteroatoms. The smallest absolute Gasteiger partial charge is 0.815 e. The zero-order valence-electron chi connectivity index (χ0n) is 3.19. The first-order valence-electron chi connectivity index (χ1n) is 0.983. The van der Waals surface area contributed by atoms with Gasteiger partial charge in [0.25, 0.3) is 0 Å². The largest absolute Gasteiger partial charge is 2.00 e. The fourth-order valence-corrected chi connectivity index (χ4v) is 0.0340. The van der Waals surface area contributed by atoms with E-state index in [1.54, 1.807) is 0 Å². The van der Waals surface area contributed by atoms with Gasteiger partial charge in [-0.3, -0.25) is 0 Å². The van der Waals surface area contributed by atoms with Crippen LogP contribution in [0.5, 0.6) is 0 Å². The standard InChI is InChI=1S/CO4.Ca.Fe/c2-1(3)4-5-1;;/q-2;+2;. The monoisotopic (exact) mass is 172 g/mol. The first kappa shape index (κ1) is 11.4. The summed E-state index contributed by atoms with van der Waals surface area (Å²) in [6.45, 7) is 0. The molecule has 0 aliphatic carbocycles. The third kappa shape index (κ3) is 5.49. The molecule has 38 valence electrons. The molecule has 0 spiro atoms. The summed E-state index contributed by atoms with van der Waals surface area (Å²) < 4.78 is 0. The van der Waals surface area contributed by atoms with E-state index in [2.05, 4.69) is 9.78 Å². The molecule has 0 atom stereocenters. The van der Waals surface area contributed by atoms with Gasteiger partial charge in [-0.05, 0) is 0 Å². The van der Waals surface area contributed by atoms with Gasteiger partial charge in [0.15, 0.2) is 0 Å². The zero-order valence-corrected chi connectivity index (χ0v) is 6.51. The topological polar surface area (TPSA) is 71.2 Å². The molecule has 7 heavy (non-hydrogen) atoms. The van der Waals surface area contributed by atoms with Crippen LogP contribution in [-0.2, 0) is 26.8 Å².